The van der Waals surface area contributed by atoms with E-state index in [1.165, 1.54) is 12.8 Å². The van der Waals surface area contributed by atoms with E-state index in [2.05, 4.69) is 18.3 Å². The van der Waals surface area contributed by atoms with E-state index in [9.17, 15) is 5.26 Å². The molecule has 0 amide bonds. The SMILES string of the molecule is CNC(C#N)(CSC1CCOC1C)C1CC1. The average Bonchev–Trinajstić information content (AvgIpc) is 3.07. The van der Waals surface area contributed by atoms with Crippen LogP contribution >= 0.6 is 11.8 Å². The number of ether oxygens (including phenoxy) is 1. The minimum Gasteiger partial charge on any atom is -0.377 e. The smallest absolute Gasteiger partial charge is 0.118 e. The van der Waals surface area contributed by atoms with Gasteiger partial charge in [-0.1, -0.05) is 0 Å². The molecule has 0 radical (unpaired) electrons. The standard InChI is InChI=1S/C12H20N2OS/c1-9-11(5-6-15-9)16-8-12(7-13,14-2)10-3-4-10/h9-11,14H,3-6,8H2,1-2H3. The predicted octanol–water partition coefficient (Wildman–Crippen LogP) is 1.79. The first-order valence-corrected chi connectivity index (χ1v) is 7.10. The van der Waals surface area contributed by atoms with Gasteiger partial charge in [-0.25, -0.2) is 0 Å². The first kappa shape index (κ1) is 12.2. The molecule has 1 saturated heterocycles. The maximum absolute atomic E-state index is 9.37. The van der Waals surface area contributed by atoms with Gasteiger partial charge < -0.3 is 10.1 Å². The van der Waals surface area contributed by atoms with E-state index in [1.54, 1.807) is 0 Å². The fourth-order valence-corrected chi connectivity index (χ4v) is 3.85. The van der Waals surface area contributed by atoms with E-state index in [4.69, 9.17) is 4.74 Å². The molecule has 2 rings (SSSR count). The van der Waals surface area contributed by atoms with Gasteiger partial charge in [-0.3, -0.25) is 0 Å². The van der Waals surface area contributed by atoms with Gasteiger partial charge in [0.2, 0.25) is 0 Å². The third-order valence-electron chi connectivity index (χ3n) is 3.75. The second-order valence-corrected chi connectivity index (χ2v) is 6.05. The molecule has 90 valence electrons. The van der Waals surface area contributed by atoms with E-state index in [-0.39, 0.29) is 5.54 Å². The average molecular weight is 240 g/mol. The monoisotopic (exact) mass is 240 g/mol. The van der Waals surface area contributed by atoms with Gasteiger partial charge in [0, 0.05) is 17.6 Å². The number of thioether (sulfide) groups is 1. The van der Waals surface area contributed by atoms with Crippen molar-refractivity contribution in [2.45, 2.75) is 43.1 Å². The molecule has 1 aliphatic carbocycles. The molecule has 0 spiro atoms. The van der Waals surface area contributed by atoms with Gasteiger partial charge in [0.1, 0.15) is 5.54 Å². The third-order valence-corrected chi connectivity index (χ3v) is 5.42. The summed E-state index contributed by atoms with van der Waals surface area (Å²) in [5.41, 5.74) is -0.299. The molecular weight excluding hydrogens is 220 g/mol. The minimum absolute atomic E-state index is 0.299. The molecule has 2 fully saturated rings. The van der Waals surface area contributed by atoms with Crippen LogP contribution in [0.2, 0.25) is 0 Å². The maximum Gasteiger partial charge on any atom is 0.118 e. The molecule has 3 atom stereocenters. The molecule has 4 heteroatoms. The Morgan fingerprint density at radius 1 is 1.50 bits per heavy atom. The molecule has 16 heavy (non-hydrogen) atoms. The Balaban J connectivity index is 1.89. The van der Waals surface area contributed by atoms with Crippen molar-refractivity contribution in [3.63, 3.8) is 0 Å². The quantitative estimate of drug-likeness (QED) is 0.796. The van der Waals surface area contributed by atoms with Crippen LogP contribution in [-0.4, -0.2) is 36.3 Å². The highest BCUT2D eigenvalue weighted by atomic mass is 32.2. The lowest BCUT2D eigenvalue weighted by atomic mass is 9.98. The van der Waals surface area contributed by atoms with Crippen LogP contribution in [0.1, 0.15) is 26.2 Å². The molecule has 3 unspecified atom stereocenters. The molecule has 1 saturated carbocycles. The van der Waals surface area contributed by atoms with Crippen molar-refractivity contribution in [2.24, 2.45) is 5.92 Å². The highest BCUT2D eigenvalue weighted by Gasteiger charge is 2.45. The van der Waals surface area contributed by atoms with Crippen molar-refractivity contribution < 1.29 is 4.74 Å². The van der Waals surface area contributed by atoms with Gasteiger partial charge in [0.15, 0.2) is 0 Å². The van der Waals surface area contributed by atoms with Crippen molar-refractivity contribution in [3.05, 3.63) is 0 Å². The fourth-order valence-electron chi connectivity index (χ4n) is 2.32. The van der Waals surface area contributed by atoms with E-state index in [0.717, 1.165) is 18.8 Å². The summed E-state index contributed by atoms with van der Waals surface area (Å²) >= 11 is 1.91. The molecule has 3 nitrogen and oxygen atoms in total. The van der Waals surface area contributed by atoms with Crippen LogP contribution in [0.25, 0.3) is 0 Å². The number of rotatable bonds is 5. The minimum atomic E-state index is -0.299. The largest absolute Gasteiger partial charge is 0.377 e. The molecule has 0 bridgehead atoms. The number of nitrogens with one attached hydrogen (secondary N) is 1. The highest BCUT2D eigenvalue weighted by Crippen LogP contribution is 2.42. The summed E-state index contributed by atoms with van der Waals surface area (Å²) < 4.78 is 5.55. The lowest BCUT2D eigenvalue weighted by Crippen LogP contribution is -2.46. The van der Waals surface area contributed by atoms with Gasteiger partial charge in [-0.2, -0.15) is 17.0 Å². The zero-order chi connectivity index (χ0) is 11.6. The second-order valence-electron chi connectivity index (χ2n) is 4.82. The normalized spacial score (nSPS) is 33.3. The summed E-state index contributed by atoms with van der Waals surface area (Å²) in [5, 5.41) is 13.2. The fraction of sp³-hybridized carbons (Fsp3) is 0.917. The van der Waals surface area contributed by atoms with E-state index in [1.807, 2.05) is 18.8 Å². The van der Waals surface area contributed by atoms with Crippen LogP contribution in [0.4, 0.5) is 0 Å². The Kier molecular flexibility index (Phi) is 3.78. The maximum atomic E-state index is 9.37. The first-order chi connectivity index (χ1) is 7.72. The summed E-state index contributed by atoms with van der Waals surface area (Å²) in [6, 6.07) is 2.49. The molecule has 0 aromatic heterocycles. The molecule has 1 N–H and O–H groups in total. The van der Waals surface area contributed by atoms with Crippen LogP contribution in [0, 0.1) is 17.2 Å². The van der Waals surface area contributed by atoms with E-state index >= 15 is 0 Å². The van der Waals surface area contributed by atoms with Crippen LogP contribution in [0.15, 0.2) is 0 Å². The third kappa shape index (κ3) is 2.37. The Morgan fingerprint density at radius 3 is 2.69 bits per heavy atom. The van der Waals surface area contributed by atoms with Gasteiger partial charge in [-0.05, 0) is 39.2 Å². The molecule has 0 aromatic carbocycles. The summed E-state index contributed by atoms with van der Waals surface area (Å²) in [6.07, 6.45) is 3.87. The summed E-state index contributed by atoms with van der Waals surface area (Å²) in [5.74, 6) is 1.45. The van der Waals surface area contributed by atoms with Gasteiger partial charge in [0.25, 0.3) is 0 Å². The summed E-state index contributed by atoms with van der Waals surface area (Å²) in [6.45, 7) is 3.01. The van der Waals surface area contributed by atoms with Crippen molar-refractivity contribution in [3.8, 4) is 6.07 Å². The topological polar surface area (TPSA) is 45.0 Å². The molecule has 2 aliphatic rings. The van der Waals surface area contributed by atoms with Crippen molar-refractivity contribution in [1.29, 1.82) is 5.26 Å². The number of nitrogens with zero attached hydrogens (tertiary/aromatic N) is 1. The van der Waals surface area contributed by atoms with Gasteiger partial charge in [-0.15, -0.1) is 0 Å². The van der Waals surface area contributed by atoms with Crippen molar-refractivity contribution in [2.75, 3.05) is 19.4 Å². The lowest BCUT2D eigenvalue weighted by molar-refractivity contribution is 0.127. The van der Waals surface area contributed by atoms with Crippen LogP contribution in [0.5, 0.6) is 0 Å². The van der Waals surface area contributed by atoms with Gasteiger partial charge >= 0.3 is 0 Å². The van der Waals surface area contributed by atoms with Crippen molar-refractivity contribution in [1.82, 2.24) is 5.32 Å². The van der Waals surface area contributed by atoms with Crippen LogP contribution in [-0.2, 0) is 4.74 Å². The molecular formula is C12H20N2OS. The first-order valence-electron chi connectivity index (χ1n) is 6.05. The zero-order valence-electron chi connectivity index (χ0n) is 10.0. The zero-order valence-corrected chi connectivity index (χ0v) is 10.8. The molecule has 0 aromatic rings. The van der Waals surface area contributed by atoms with E-state index in [0.29, 0.717) is 17.3 Å². The predicted molar refractivity (Wildman–Crippen MR) is 66.4 cm³/mol. The van der Waals surface area contributed by atoms with Gasteiger partial charge in [0.05, 0.1) is 12.2 Å². The van der Waals surface area contributed by atoms with Crippen molar-refractivity contribution >= 4 is 11.8 Å². The Bertz CT molecular complexity index is 287. The number of hydrogen-bond donors (Lipinski definition) is 1. The second kappa shape index (κ2) is 4.95. The Labute approximate surface area is 102 Å². The van der Waals surface area contributed by atoms with E-state index < -0.39 is 0 Å². The highest BCUT2D eigenvalue weighted by molar-refractivity contribution is 8.00. The molecule has 1 aliphatic heterocycles. The number of nitriles is 1. The number of hydrogen-bond acceptors (Lipinski definition) is 4. The summed E-state index contributed by atoms with van der Waals surface area (Å²) in [7, 11) is 1.91. The Hall–Kier alpha value is -0.240. The van der Waals surface area contributed by atoms with Crippen LogP contribution < -0.4 is 5.32 Å². The lowest BCUT2D eigenvalue weighted by Gasteiger charge is -2.27. The van der Waals surface area contributed by atoms with Crippen LogP contribution in [0.3, 0.4) is 0 Å². The molecule has 1 heterocycles. The Morgan fingerprint density at radius 2 is 2.25 bits per heavy atom. The summed E-state index contributed by atoms with van der Waals surface area (Å²) in [4.78, 5) is 0.